The summed E-state index contributed by atoms with van der Waals surface area (Å²) in [5.41, 5.74) is 6.21. The first-order valence-corrected chi connectivity index (χ1v) is 8.57. The predicted octanol–water partition coefficient (Wildman–Crippen LogP) is 0.907. The van der Waals surface area contributed by atoms with Crippen LogP contribution in [0, 0.1) is 0 Å². The summed E-state index contributed by atoms with van der Waals surface area (Å²) in [6.45, 7) is 2.79. The van der Waals surface area contributed by atoms with Crippen molar-refractivity contribution in [3.05, 3.63) is 24.3 Å². The molecule has 0 fully saturated rings. The molecule has 6 nitrogen and oxygen atoms in total. The van der Waals surface area contributed by atoms with E-state index in [9.17, 15) is 8.42 Å². The molecule has 0 aliphatic carbocycles. The Morgan fingerprint density at radius 2 is 2.10 bits per heavy atom. The van der Waals surface area contributed by atoms with Gasteiger partial charge in [-0.1, -0.05) is 6.07 Å². The Morgan fingerprint density at radius 1 is 1.38 bits per heavy atom. The molecule has 0 bridgehead atoms. The molecule has 1 aromatic rings. The van der Waals surface area contributed by atoms with E-state index < -0.39 is 10.0 Å². The van der Waals surface area contributed by atoms with Gasteiger partial charge in [0.15, 0.2) is 0 Å². The van der Waals surface area contributed by atoms with Crippen LogP contribution in [-0.4, -0.2) is 52.4 Å². The first-order valence-electron chi connectivity index (χ1n) is 6.91. The highest BCUT2D eigenvalue weighted by Crippen LogP contribution is 2.14. The summed E-state index contributed by atoms with van der Waals surface area (Å²) in [6.07, 6.45) is 0.766. The molecule has 0 aliphatic rings. The zero-order valence-corrected chi connectivity index (χ0v) is 13.7. The van der Waals surface area contributed by atoms with Gasteiger partial charge in [-0.05, 0) is 46.1 Å². The minimum atomic E-state index is -3.33. The fraction of sp³-hybridized carbons (Fsp3) is 0.571. The number of nitrogen functional groups attached to an aromatic ring is 1. The number of anilines is 1. The Kier molecular flexibility index (Phi) is 6.94. The molecule has 0 spiro atoms. The van der Waals surface area contributed by atoms with Gasteiger partial charge in [-0.3, -0.25) is 0 Å². The zero-order chi connectivity index (χ0) is 15.9. The maximum absolute atomic E-state index is 11.9. The van der Waals surface area contributed by atoms with E-state index in [-0.39, 0.29) is 18.4 Å². The van der Waals surface area contributed by atoms with Gasteiger partial charge in [0.2, 0.25) is 10.0 Å². The van der Waals surface area contributed by atoms with Gasteiger partial charge < -0.3 is 15.4 Å². The van der Waals surface area contributed by atoms with Gasteiger partial charge in [0.25, 0.3) is 0 Å². The fourth-order valence-electron chi connectivity index (χ4n) is 1.75. The third kappa shape index (κ3) is 7.89. The van der Waals surface area contributed by atoms with Crippen molar-refractivity contribution < 1.29 is 13.2 Å². The van der Waals surface area contributed by atoms with Crippen molar-refractivity contribution in [3.63, 3.8) is 0 Å². The first kappa shape index (κ1) is 17.7. The molecule has 1 aromatic carbocycles. The Bertz CT molecular complexity index is 532. The summed E-state index contributed by atoms with van der Waals surface area (Å²) >= 11 is 0. The monoisotopic (exact) mass is 315 g/mol. The van der Waals surface area contributed by atoms with Crippen molar-refractivity contribution in [1.29, 1.82) is 0 Å². The number of rotatable bonds is 9. The largest absolute Gasteiger partial charge is 0.492 e. The summed E-state index contributed by atoms with van der Waals surface area (Å²) in [4.78, 5) is 2.02. The Hall–Kier alpha value is -1.31. The molecule has 7 heteroatoms. The molecule has 0 aliphatic heterocycles. The highest BCUT2D eigenvalue weighted by molar-refractivity contribution is 7.89. The molecule has 0 aromatic heterocycles. The van der Waals surface area contributed by atoms with Crippen molar-refractivity contribution in [1.82, 2.24) is 9.62 Å². The van der Waals surface area contributed by atoms with Crippen molar-refractivity contribution >= 4 is 15.7 Å². The third-order valence-electron chi connectivity index (χ3n) is 2.87. The maximum atomic E-state index is 11.9. The van der Waals surface area contributed by atoms with Crippen LogP contribution in [0.5, 0.6) is 5.75 Å². The summed E-state index contributed by atoms with van der Waals surface area (Å²) in [7, 11) is 0.584. The van der Waals surface area contributed by atoms with Crippen LogP contribution in [0.25, 0.3) is 0 Å². The van der Waals surface area contributed by atoms with Crippen LogP contribution in [-0.2, 0) is 10.0 Å². The summed E-state index contributed by atoms with van der Waals surface area (Å²) in [5, 5.41) is 0. The molecule has 1 atom stereocenters. The fourth-order valence-corrected chi connectivity index (χ4v) is 2.90. The summed E-state index contributed by atoms with van der Waals surface area (Å²) in [5.74, 6) is 0.500. The van der Waals surface area contributed by atoms with E-state index in [1.807, 2.05) is 25.9 Å². The second-order valence-electron chi connectivity index (χ2n) is 5.35. The number of benzene rings is 1. The van der Waals surface area contributed by atoms with Gasteiger partial charge in [0.1, 0.15) is 12.4 Å². The molecule has 1 unspecified atom stereocenters. The van der Waals surface area contributed by atoms with Crippen LogP contribution in [0.4, 0.5) is 5.69 Å². The van der Waals surface area contributed by atoms with E-state index in [2.05, 4.69) is 4.72 Å². The lowest BCUT2D eigenvalue weighted by atomic mass is 10.2. The molecule has 0 heterocycles. The molecule has 1 rings (SSSR count). The van der Waals surface area contributed by atoms with Crippen molar-refractivity contribution in [3.8, 4) is 5.75 Å². The van der Waals surface area contributed by atoms with E-state index in [1.54, 1.807) is 24.3 Å². The van der Waals surface area contributed by atoms with Gasteiger partial charge in [-0.2, -0.15) is 0 Å². The smallest absolute Gasteiger partial charge is 0.215 e. The highest BCUT2D eigenvalue weighted by atomic mass is 32.2. The Balaban J connectivity index is 2.35. The molecule has 120 valence electrons. The topological polar surface area (TPSA) is 84.7 Å². The van der Waals surface area contributed by atoms with E-state index in [0.717, 1.165) is 13.0 Å². The standard InChI is InChI=1S/C14H25N3O3S/c1-12(7-8-17(2)3)16-21(18,19)10-9-20-14-6-4-5-13(15)11-14/h4-6,11-12,16H,7-10,15H2,1-3H3. The van der Waals surface area contributed by atoms with Crippen molar-refractivity contribution in [2.45, 2.75) is 19.4 Å². The summed E-state index contributed by atoms with van der Waals surface area (Å²) < 4.78 is 31.9. The lowest BCUT2D eigenvalue weighted by Gasteiger charge is -2.17. The molecule has 0 saturated heterocycles. The van der Waals surface area contributed by atoms with Crippen molar-refractivity contribution in [2.24, 2.45) is 0 Å². The van der Waals surface area contributed by atoms with Gasteiger partial charge in [-0.15, -0.1) is 0 Å². The van der Waals surface area contributed by atoms with Crippen molar-refractivity contribution in [2.75, 3.05) is 38.7 Å². The average Bonchev–Trinajstić information content (AvgIpc) is 2.35. The lowest BCUT2D eigenvalue weighted by molar-refractivity contribution is 0.339. The van der Waals surface area contributed by atoms with Gasteiger partial charge in [0.05, 0.1) is 5.75 Å². The number of nitrogens with one attached hydrogen (secondary N) is 1. The van der Waals surface area contributed by atoms with Crippen LogP contribution < -0.4 is 15.2 Å². The van der Waals surface area contributed by atoms with E-state index in [0.29, 0.717) is 11.4 Å². The quantitative estimate of drug-likeness (QED) is 0.662. The molecular weight excluding hydrogens is 290 g/mol. The Morgan fingerprint density at radius 3 is 2.71 bits per heavy atom. The number of nitrogens with two attached hydrogens (primary N) is 1. The number of sulfonamides is 1. The third-order valence-corrected chi connectivity index (χ3v) is 4.33. The van der Waals surface area contributed by atoms with Crippen LogP contribution in [0.1, 0.15) is 13.3 Å². The van der Waals surface area contributed by atoms with Gasteiger partial charge >= 0.3 is 0 Å². The lowest BCUT2D eigenvalue weighted by Crippen LogP contribution is -2.37. The number of hydrogen-bond donors (Lipinski definition) is 2. The molecule has 0 amide bonds. The van der Waals surface area contributed by atoms with Gasteiger partial charge in [-0.25, -0.2) is 13.1 Å². The highest BCUT2D eigenvalue weighted by Gasteiger charge is 2.14. The Labute approximate surface area is 127 Å². The minimum absolute atomic E-state index is 0.0753. The summed E-state index contributed by atoms with van der Waals surface area (Å²) in [6, 6.07) is 6.83. The number of ether oxygens (including phenoxy) is 1. The van der Waals surface area contributed by atoms with E-state index in [1.165, 1.54) is 0 Å². The maximum Gasteiger partial charge on any atom is 0.215 e. The second kappa shape index (κ2) is 8.21. The minimum Gasteiger partial charge on any atom is -0.492 e. The number of nitrogens with zero attached hydrogens (tertiary/aromatic N) is 1. The normalized spacial score (nSPS) is 13.3. The zero-order valence-electron chi connectivity index (χ0n) is 12.9. The average molecular weight is 315 g/mol. The van der Waals surface area contributed by atoms with Crippen LogP contribution >= 0.6 is 0 Å². The van der Waals surface area contributed by atoms with E-state index in [4.69, 9.17) is 10.5 Å². The number of hydrogen-bond acceptors (Lipinski definition) is 5. The molecule has 0 radical (unpaired) electrons. The van der Waals surface area contributed by atoms with Crippen LogP contribution in [0.3, 0.4) is 0 Å². The molecule has 3 N–H and O–H groups in total. The molecular formula is C14H25N3O3S. The van der Waals surface area contributed by atoms with E-state index >= 15 is 0 Å². The van der Waals surface area contributed by atoms with Crippen LogP contribution in [0.2, 0.25) is 0 Å². The predicted molar refractivity (Wildman–Crippen MR) is 85.9 cm³/mol. The van der Waals surface area contributed by atoms with Crippen LogP contribution in [0.15, 0.2) is 24.3 Å². The SMILES string of the molecule is CC(CCN(C)C)NS(=O)(=O)CCOc1cccc(N)c1. The molecule has 0 saturated carbocycles. The molecule has 21 heavy (non-hydrogen) atoms. The van der Waals surface area contributed by atoms with Gasteiger partial charge in [0, 0.05) is 17.8 Å². The second-order valence-corrected chi connectivity index (χ2v) is 7.22. The first-order chi connectivity index (χ1) is 9.78.